The van der Waals surface area contributed by atoms with Gasteiger partial charge in [-0.3, -0.25) is 0 Å². The maximum atomic E-state index is 11.7. The van der Waals surface area contributed by atoms with E-state index in [-0.39, 0.29) is 0 Å². The highest BCUT2D eigenvalue weighted by atomic mass is 127. The molecule has 0 aliphatic carbocycles. The predicted octanol–water partition coefficient (Wildman–Crippen LogP) is 1.49. The van der Waals surface area contributed by atoms with Crippen LogP contribution in [0.5, 0.6) is 0 Å². The van der Waals surface area contributed by atoms with Crippen molar-refractivity contribution in [1.82, 2.24) is 13.2 Å². The summed E-state index contributed by atoms with van der Waals surface area (Å²) in [4.78, 5) is 0. The first-order chi connectivity index (χ1) is 4.50. The van der Waals surface area contributed by atoms with Crippen molar-refractivity contribution in [2.75, 3.05) is 0 Å². The van der Waals surface area contributed by atoms with E-state index in [1.165, 1.54) is 0 Å². The van der Waals surface area contributed by atoms with Crippen LogP contribution in [-0.4, -0.2) is 13.2 Å². The Labute approximate surface area is 67.7 Å². The first-order valence-corrected chi connectivity index (χ1v) is 3.12. The second kappa shape index (κ2) is 2.36. The lowest BCUT2D eigenvalue weighted by molar-refractivity contribution is -0.141. The Morgan fingerprint density at radius 1 is 1.50 bits per heavy atom. The molecule has 0 saturated heterocycles. The first kappa shape index (κ1) is 7.76. The number of aromatic nitrogens is 3. The molecule has 1 aromatic heterocycles. The van der Waals surface area contributed by atoms with Crippen LogP contribution in [-0.2, 0) is 6.18 Å². The average molecular weight is 263 g/mol. The lowest BCUT2D eigenvalue weighted by Gasteiger charge is -1.97. The van der Waals surface area contributed by atoms with Gasteiger partial charge in [-0.15, -0.1) is 5.10 Å². The minimum atomic E-state index is -4.39. The van der Waals surface area contributed by atoms with Crippen LogP contribution in [0.3, 0.4) is 0 Å². The maximum absolute atomic E-state index is 11.7. The number of hydrogen-bond donors (Lipinski definition) is 0. The van der Waals surface area contributed by atoms with Crippen LogP contribution < -0.4 is 0 Å². The van der Waals surface area contributed by atoms with Crippen molar-refractivity contribution in [1.29, 1.82) is 0 Å². The second-order valence-electron chi connectivity index (χ2n) is 1.49. The molecule has 0 aliphatic heterocycles. The zero-order valence-corrected chi connectivity index (χ0v) is 6.59. The molecular weight excluding hydrogens is 262 g/mol. The van der Waals surface area contributed by atoms with Crippen LogP contribution in [0.15, 0.2) is 6.20 Å². The normalized spacial score (nSPS) is 12.0. The van der Waals surface area contributed by atoms with Crippen molar-refractivity contribution in [3.05, 3.63) is 11.9 Å². The van der Waals surface area contributed by atoms with Crippen LogP contribution in [0.4, 0.5) is 13.2 Å². The molecule has 1 heterocycles. The van der Waals surface area contributed by atoms with E-state index < -0.39 is 11.9 Å². The number of halogens is 4. The molecule has 7 heteroatoms. The highest BCUT2D eigenvalue weighted by Gasteiger charge is 2.34. The molecule has 0 aromatic carbocycles. The van der Waals surface area contributed by atoms with E-state index in [0.29, 0.717) is 0 Å². The fourth-order valence-electron chi connectivity index (χ4n) is 0.373. The molecule has 0 saturated carbocycles. The van der Waals surface area contributed by atoms with Gasteiger partial charge >= 0.3 is 6.18 Å². The molecule has 0 atom stereocenters. The smallest absolute Gasteiger partial charge is 0.191 e. The van der Waals surface area contributed by atoms with Gasteiger partial charge in [0.05, 0.1) is 29.1 Å². The van der Waals surface area contributed by atoms with Gasteiger partial charge in [-0.2, -0.15) is 16.1 Å². The highest BCUT2D eigenvalue weighted by molar-refractivity contribution is 14.1. The summed E-state index contributed by atoms with van der Waals surface area (Å²) >= 11 is 1.58. The number of alkyl halides is 3. The van der Waals surface area contributed by atoms with Gasteiger partial charge in [0.25, 0.3) is 0 Å². The molecule has 0 amide bonds. The number of nitrogens with zero attached hydrogens (tertiary/aromatic N) is 3. The summed E-state index contributed by atoms with van der Waals surface area (Å²) < 4.78 is 36.0. The Kier molecular flexibility index (Phi) is 1.84. The van der Waals surface area contributed by atoms with Gasteiger partial charge in [0, 0.05) is 0 Å². The zero-order valence-electron chi connectivity index (χ0n) is 4.43. The molecule has 0 N–H and O–H groups in total. The molecule has 0 bridgehead atoms. The van der Waals surface area contributed by atoms with E-state index >= 15 is 0 Å². The Hall–Kier alpha value is -0.340. The van der Waals surface area contributed by atoms with Gasteiger partial charge in [-0.05, 0) is 0 Å². The lowest BCUT2D eigenvalue weighted by atomic mass is 10.5. The van der Waals surface area contributed by atoms with Gasteiger partial charge in [0.2, 0.25) is 0 Å². The third kappa shape index (κ3) is 1.58. The van der Waals surface area contributed by atoms with Crippen LogP contribution in [0.25, 0.3) is 0 Å². The SMILES string of the molecule is FC(F)(F)c1cn(I)nn1. The lowest BCUT2D eigenvalue weighted by Crippen LogP contribution is -2.04. The van der Waals surface area contributed by atoms with Crippen LogP contribution in [0, 0.1) is 0 Å². The van der Waals surface area contributed by atoms with Gasteiger partial charge in [0.15, 0.2) is 5.69 Å². The predicted molar refractivity (Wildman–Crippen MR) is 34.4 cm³/mol. The summed E-state index contributed by atoms with van der Waals surface area (Å²) in [6, 6.07) is 0. The molecule has 3 nitrogen and oxygen atoms in total. The Bertz CT molecular complexity index is 229. The largest absolute Gasteiger partial charge is 0.436 e. The fraction of sp³-hybridized carbons (Fsp3) is 0.333. The Morgan fingerprint density at radius 2 is 2.10 bits per heavy atom. The Morgan fingerprint density at radius 3 is 2.30 bits per heavy atom. The van der Waals surface area contributed by atoms with E-state index in [1.54, 1.807) is 22.9 Å². The highest BCUT2D eigenvalue weighted by Crippen LogP contribution is 2.26. The molecule has 0 spiro atoms. The number of rotatable bonds is 0. The molecule has 0 fully saturated rings. The second-order valence-corrected chi connectivity index (χ2v) is 2.48. The van der Waals surface area contributed by atoms with Crippen LogP contribution in [0.2, 0.25) is 0 Å². The van der Waals surface area contributed by atoms with E-state index in [2.05, 4.69) is 10.3 Å². The summed E-state index contributed by atoms with van der Waals surface area (Å²) in [6.07, 6.45) is -3.58. The topological polar surface area (TPSA) is 30.7 Å². The third-order valence-electron chi connectivity index (χ3n) is 0.757. The summed E-state index contributed by atoms with van der Waals surface area (Å²) in [5.74, 6) is 0. The minimum Gasteiger partial charge on any atom is -0.191 e. The molecule has 0 radical (unpaired) electrons. The molecule has 0 aliphatic rings. The zero-order chi connectivity index (χ0) is 7.78. The summed E-state index contributed by atoms with van der Waals surface area (Å²) in [6.45, 7) is 0. The molecule has 1 rings (SSSR count). The van der Waals surface area contributed by atoms with Gasteiger partial charge in [-0.25, -0.2) is 0 Å². The van der Waals surface area contributed by atoms with Crippen molar-refractivity contribution < 1.29 is 13.2 Å². The van der Waals surface area contributed by atoms with Crippen LogP contribution >= 0.6 is 22.9 Å². The summed E-state index contributed by atoms with van der Waals surface area (Å²) in [5, 5.41) is 5.98. The summed E-state index contributed by atoms with van der Waals surface area (Å²) in [7, 11) is 0. The van der Waals surface area contributed by atoms with Crippen molar-refractivity contribution in [2.45, 2.75) is 6.18 Å². The van der Waals surface area contributed by atoms with Gasteiger partial charge < -0.3 is 0 Å². The third-order valence-corrected chi connectivity index (χ3v) is 1.23. The number of hydrogen-bond acceptors (Lipinski definition) is 2. The van der Waals surface area contributed by atoms with Crippen LogP contribution in [0.1, 0.15) is 5.69 Å². The quantitative estimate of drug-likeness (QED) is 0.664. The Balaban J connectivity index is 2.96. The van der Waals surface area contributed by atoms with E-state index in [9.17, 15) is 13.2 Å². The average Bonchev–Trinajstić information content (AvgIpc) is 2.11. The molecule has 10 heavy (non-hydrogen) atoms. The van der Waals surface area contributed by atoms with Gasteiger partial charge in [-0.1, -0.05) is 5.21 Å². The van der Waals surface area contributed by atoms with E-state index in [0.717, 1.165) is 9.09 Å². The molecule has 0 unspecified atom stereocenters. The van der Waals surface area contributed by atoms with Crippen molar-refractivity contribution in [2.24, 2.45) is 0 Å². The van der Waals surface area contributed by atoms with E-state index in [1.807, 2.05) is 0 Å². The van der Waals surface area contributed by atoms with Crippen molar-refractivity contribution in [3.63, 3.8) is 0 Å². The fourth-order valence-corrected chi connectivity index (χ4v) is 0.734. The summed E-state index contributed by atoms with van der Waals surface area (Å²) in [5.41, 5.74) is -0.970. The van der Waals surface area contributed by atoms with Gasteiger partial charge in [0.1, 0.15) is 0 Å². The monoisotopic (exact) mass is 263 g/mol. The molecule has 56 valence electrons. The molecule has 1 aromatic rings. The van der Waals surface area contributed by atoms with Crippen molar-refractivity contribution in [3.8, 4) is 0 Å². The van der Waals surface area contributed by atoms with E-state index in [4.69, 9.17) is 0 Å². The minimum absolute atomic E-state index is 0.806. The van der Waals surface area contributed by atoms with Crippen molar-refractivity contribution >= 4 is 22.9 Å². The molecular formula is C3HF3IN3. The first-order valence-electron chi connectivity index (χ1n) is 2.16. The standard InChI is InChI=1S/C3HF3IN3/c4-3(5,6)2-1-10(7)9-8-2/h1H. The maximum Gasteiger partial charge on any atom is 0.436 e.